The second-order valence-corrected chi connectivity index (χ2v) is 8.54. The summed E-state index contributed by atoms with van der Waals surface area (Å²) in [5.74, 6) is 0.215. The Kier molecular flexibility index (Phi) is 5.57. The lowest BCUT2D eigenvalue weighted by Crippen LogP contribution is -2.52. The van der Waals surface area contributed by atoms with Gasteiger partial charge in [-0.2, -0.15) is 0 Å². The number of thiophene rings is 1. The van der Waals surface area contributed by atoms with E-state index in [1.807, 2.05) is 11.1 Å². The minimum atomic E-state index is 0.215. The van der Waals surface area contributed by atoms with Gasteiger partial charge in [-0.15, -0.1) is 11.3 Å². The average molecular weight is 385 g/mol. The molecule has 2 aliphatic heterocycles. The Bertz CT molecular complexity index is 801. The van der Waals surface area contributed by atoms with Crippen LogP contribution >= 0.6 is 11.3 Å². The fourth-order valence-corrected chi connectivity index (χ4v) is 5.09. The van der Waals surface area contributed by atoms with Crippen molar-refractivity contribution in [1.29, 1.82) is 0 Å². The van der Waals surface area contributed by atoms with E-state index in [4.69, 9.17) is 0 Å². The minimum absolute atomic E-state index is 0.215. The molecule has 1 amide bonds. The van der Waals surface area contributed by atoms with Gasteiger partial charge in [0, 0.05) is 61.8 Å². The zero-order chi connectivity index (χ0) is 18.8. The Labute approximate surface area is 165 Å². The Hall–Kier alpha value is -1.76. The fourth-order valence-electron chi connectivity index (χ4n) is 3.98. The SMILES string of the molecule is CCc1ccc(CN2CCc3c(C(=O)N4CCNC[C@H]4C)csc3C2)nc1. The number of hydrogen-bond acceptors (Lipinski definition) is 5. The predicted octanol–water partition coefficient (Wildman–Crippen LogP) is 2.70. The molecule has 2 aliphatic rings. The molecule has 27 heavy (non-hydrogen) atoms. The van der Waals surface area contributed by atoms with Gasteiger partial charge in [-0.25, -0.2) is 0 Å². The smallest absolute Gasteiger partial charge is 0.255 e. The summed E-state index contributed by atoms with van der Waals surface area (Å²) in [5, 5.41) is 5.44. The van der Waals surface area contributed by atoms with Crippen molar-refractivity contribution in [3.05, 3.63) is 51.0 Å². The monoisotopic (exact) mass is 384 g/mol. The lowest BCUT2D eigenvalue weighted by molar-refractivity contribution is 0.0654. The second kappa shape index (κ2) is 8.09. The van der Waals surface area contributed by atoms with Gasteiger partial charge in [-0.1, -0.05) is 13.0 Å². The van der Waals surface area contributed by atoms with Crippen molar-refractivity contribution in [3.63, 3.8) is 0 Å². The average Bonchev–Trinajstić information content (AvgIpc) is 3.12. The Morgan fingerprint density at radius 2 is 2.26 bits per heavy atom. The third-order valence-electron chi connectivity index (χ3n) is 5.70. The summed E-state index contributed by atoms with van der Waals surface area (Å²) in [6.07, 6.45) is 3.97. The van der Waals surface area contributed by atoms with Crippen LogP contribution in [0.4, 0.5) is 0 Å². The fraction of sp³-hybridized carbons (Fsp3) is 0.524. The molecule has 0 unspecified atom stereocenters. The van der Waals surface area contributed by atoms with E-state index in [2.05, 4.69) is 46.6 Å². The number of rotatable bonds is 4. The number of nitrogens with zero attached hydrogens (tertiary/aromatic N) is 3. The Balaban J connectivity index is 1.44. The van der Waals surface area contributed by atoms with Crippen LogP contribution in [0.3, 0.4) is 0 Å². The lowest BCUT2D eigenvalue weighted by Gasteiger charge is -2.34. The van der Waals surface area contributed by atoms with Crippen molar-refractivity contribution in [1.82, 2.24) is 20.1 Å². The van der Waals surface area contributed by atoms with Crippen molar-refractivity contribution in [3.8, 4) is 0 Å². The van der Waals surface area contributed by atoms with Crippen molar-refractivity contribution in [2.24, 2.45) is 0 Å². The van der Waals surface area contributed by atoms with Crippen LogP contribution in [0.2, 0.25) is 0 Å². The van der Waals surface area contributed by atoms with Crippen LogP contribution in [-0.4, -0.2) is 52.9 Å². The molecular weight excluding hydrogens is 356 g/mol. The van der Waals surface area contributed by atoms with Gasteiger partial charge in [0.2, 0.25) is 0 Å². The summed E-state index contributed by atoms with van der Waals surface area (Å²) in [4.78, 5) is 23.5. The number of aryl methyl sites for hydroxylation is 1. The van der Waals surface area contributed by atoms with E-state index >= 15 is 0 Å². The van der Waals surface area contributed by atoms with Crippen LogP contribution in [0, 0.1) is 0 Å². The summed E-state index contributed by atoms with van der Waals surface area (Å²) in [7, 11) is 0. The van der Waals surface area contributed by atoms with Crippen LogP contribution in [0.15, 0.2) is 23.7 Å². The lowest BCUT2D eigenvalue weighted by atomic mass is 10.0. The molecule has 0 aromatic carbocycles. The van der Waals surface area contributed by atoms with E-state index in [1.54, 1.807) is 11.3 Å². The molecule has 0 radical (unpaired) electrons. The predicted molar refractivity (Wildman–Crippen MR) is 109 cm³/mol. The first kappa shape index (κ1) is 18.6. The van der Waals surface area contributed by atoms with Crippen molar-refractivity contribution in [2.45, 2.75) is 45.8 Å². The highest BCUT2D eigenvalue weighted by molar-refractivity contribution is 7.10. The van der Waals surface area contributed by atoms with E-state index in [1.165, 1.54) is 16.0 Å². The van der Waals surface area contributed by atoms with Gasteiger partial charge in [0.05, 0.1) is 11.3 Å². The number of pyridine rings is 1. The number of aromatic nitrogens is 1. The molecule has 1 saturated heterocycles. The number of nitrogens with one attached hydrogen (secondary N) is 1. The van der Waals surface area contributed by atoms with Gasteiger partial charge in [0.1, 0.15) is 0 Å². The molecule has 144 valence electrons. The van der Waals surface area contributed by atoms with E-state index in [9.17, 15) is 4.79 Å². The van der Waals surface area contributed by atoms with Gasteiger partial charge in [0.15, 0.2) is 0 Å². The van der Waals surface area contributed by atoms with Crippen molar-refractivity contribution >= 4 is 17.2 Å². The molecule has 0 bridgehead atoms. The summed E-state index contributed by atoms with van der Waals surface area (Å²) < 4.78 is 0. The zero-order valence-corrected chi connectivity index (χ0v) is 17.0. The summed E-state index contributed by atoms with van der Waals surface area (Å²) in [6, 6.07) is 4.58. The van der Waals surface area contributed by atoms with E-state index in [0.29, 0.717) is 0 Å². The number of carbonyl (C=O) groups excluding carboxylic acids is 1. The van der Waals surface area contributed by atoms with Crippen LogP contribution in [-0.2, 0) is 25.9 Å². The quantitative estimate of drug-likeness (QED) is 0.881. The maximum absolute atomic E-state index is 13.1. The molecule has 2 aromatic heterocycles. The normalized spacial score (nSPS) is 20.5. The summed E-state index contributed by atoms with van der Waals surface area (Å²) >= 11 is 1.74. The third-order valence-corrected chi connectivity index (χ3v) is 6.71. The molecule has 4 rings (SSSR count). The molecular formula is C21H28N4OS. The maximum Gasteiger partial charge on any atom is 0.255 e. The molecule has 2 aromatic rings. The van der Waals surface area contributed by atoms with Gasteiger partial charge < -0.3 is 10.2 Å². The number of amides is 1. The van der Waals surface area contributed by atoms with Gasteiger partial charge in [-0.05, 0) is 37.0 Å². The topological polar surface area (TPSA) is 48.5 Å². The first-order chi connectivity index (χ1) is 13.2. The zero-order valence-electron chi connectivity index (χ0n) is 16.2. The highest BCUT2D eigenvalue weighted by Gasteiger charge is 2.29. The first-order valence-corrected chi connectivity index (χ1v) is 10.8. The molecule has 0 aliphatic carbocycles. The van der Waals surface area contributed by atoms with E-state index < -0.39 is 0 Å². The summed E-state index contributed by atoms with van der Waals surface area (Å²) in [6.45, 7) is 9.63. The van der Waals surface area contributed by atoms with Crippen molar-refractivity contribution < 1.29 is 4.79 Å². The van der Waals surface area contributed by atoms with Crippen LogP contribution < -0.4 is 5.32 Å². The third kappa shape index (κ3) is 3.93. The number of fused-ring (bicyclic) bond motifs is 1. The van der Waals surface area contributed by atoms with Gasteiger partial charge in [-0.3, -0.25) is 14.7 Å². The highest BCUT2D eigenvalue weighted by atomic mass is 32.1. The van der Waals surface area contributed by atoms with Crippen molar-refractivity contribution in [2.75, 3.05) is 26.2 Å². The van der Waals surface area contributed by atoms with Crippen LogP contribution in [0.5, 0.6) is 0 Å². The Morgan fingerprint density at radius 3 is 3.00 bits per heavy atom. The van der Waals surface area contributed by atoms with E-state index in [-0.39, 0.29) is 11.9 Å². The second-order valence-electron chi connectivity index (χ2n) is 7.57. The molecule has 1 atom stereocenters. The minimum Gasteiger partial charge on any atom is -0.333 e. The molecule has 1 fully saturated rings. The van der Waals surface area contributed by atoms with Gasteiger partial charge >= 0.3 is 0 Å². The van der Waals surface area contributed by atoms with Gasteiger partial charge in [0.25, 0.3) is 5.91 Å². The molecule has 4 heterocycles. The standard InChI is InChI=1S/C21H28N4OS/c1-3-16-4-5-17(23-11-16)12-24-8-6-18-19(14-27-20(18)13-24)21(26)25-9-7-22-10-15(25)2/h4-5,11,14-15,22H,3,6-10,12-13H2,1-2H3/t15-/m1/s1. The number of piperazine rings is 1. The molecule has 0 spiro atoms. The molecule has 0 saturated carbocycles. The number of hydrogen-bond donors (Lipinski definition) is 1. The van der Waals surface area contributed by atoms with Crippen LogP contribution in [0.25, 0.3) is 0 Å². The molecule has 1 N–H and O–H groups in total. The molecule has 5 nitrogen and oxygen atoms in total. The van der Waals surface area contributed by atoms with Crippen LogP contribution in [0.1, 0.15) is 45.9 Å². The summed E-state index contributed by atoms with van der Waals surface area (Å²) in [5.41, 5.74) is 4.62. The highest BCUT2D eigenvalue weighted by Crippen LogP contribution is 2.30. The first-order valence-electron chi connectivity index (χ1n) is 9.92. The Morgan fingerprint density at radius 1 is 1.37 bits per heavy atom. The largest absolute Gasteiger partial charge is 0.333 e. The number of carbonyl (C=O) groups is 1. The maximum atomic E-state index is 13.1. The van der Waals surface area contributed by atoms with E-state index in [0.717, 1.165) is 63.4 Å². The molecule has 6 heteroatoms.